The fraction of sp³-hybridized carbons (Fsp3) is 0.700. The van der Waals surface area contributed by atoms with Gasteiger partial charge in [0.05, 0.1) is 5.56 Å². The zero-order valence-corrected chi connectivity index (χ0v) is 17.7. The number of hydrogen-bond donors (Lipinski definition) is 1. The number of amides is 1. The molecule has 0 unspecified atom stereocenters. The van der Waals surface area contributed by atoms with Gasteiger partial charge in [-0.05, 0) is 68.7 Å². The summed E-state index contributed by atoms with van der Waals surface area (Å²) in [4.78, 5) is 21.8. The second-order valence-electron chi connectivity index (χ2n) is 8.12. The Bertz CT molecular complexity index is 591. The van der Waals surface area contributed by atoms with Crippen LogP contribution < -0.4 is 10.2 Å². The summed E-state index contributed by atoms with van der Waals surface area (Å²) in [7, 11) is 0. The Hall–Kier alpha value is -1.04. The van der Waals surface area contributed by atoms with E-state index in [1.807, 2.05) is 17.0 Å². The van der Waals surface area contributed by atoms with Crippen LogP contribution in [0.15, 0.2) is 18.3 Å². The van der Waals surface area contributed by atoms with Gasteiger partial charge in [0, 0.05) is 32.4 Å². The Labute approximate surface area is 175 Å². The fourth-order valence-electron chi connectivity index (χ4n) is 4.54. The van der Waals surface area contributed by atoms with Crippen LogP contribution in [0.2, 0.25) is 0 Å². The zero-order chi connectivity index (χ0) is 17.2. The third-order valence-electron chi connectivity index (χ3n) is 6.41. The van der Waals surface area contributed by atoms with E-state index < -0.39 is 0 Å². The molecule has 0 saturated carbocycles. The van der Waals surface area contributed by atoms with Crippen molar-refractivity contribution in [3.05, 3.63) is 23.9 Å². The van der Waals surface area contributed by atoms with E-state index in [2.05, 4.69) is 22.1 Å². The topological polar surface area (TPSA) is 48.5 Å². The lowest BCUT2D eigenvalue weighted by Gasteiger charge is -2.31. The van der Waals surface area contributed by atoms with Crippen LogP contribution in [0, 0.1) is 17.8 Å². The van der Waals surface area contributed by atoms with Gasteiger partial charge in [0.15, 0.2) is 0 Å². The van der Waals surface area contributed by atoms with Gasteiger partial charge < -0.3 is 15.1 Å². The quantitative estimate of drug-likeness (QED) is 0.806. The van der Waals surface area contributed by atoms with Gasteiger partial charge in [-0.25, -0.2) is 4.98 Å². The lowest BCUT2D eigenvalue weighted by atomic mass is 9.92. The van der Waals surface area contributed by atoms with Gasteiger partial charge in [-0.15, -0.1) is 24.8 Å². The molecule has 152 valence electrons. The van der Waals surface area contributed by atoms with E-state index in [0.29, 0.717) is 0 Å². The van der Waals surface area contributed by atoms with Gasteiger partial charge in [0.25, 0.3) is 5.91 Å². The number of likely N-dealkylation sites (tertiary alicyclic amines) is 1. The van der Waals surface area contributed by atoms with E-state index >= 15 is 0 Å². The Kier molecular flexibility index (Phi) is 8.20. The Balaban J connectivity index is 0.00000131. The largest absolute Gasteiger partial charge is 0.357 e. The predicted octanol–water partition coefficient (Wildman–Crippen LogP) is 3.23. The highest BCUT2D eigenvalue weighted by atomic mass is 35.5. The van der Waals surface area contributed by atoms with E-state index in [9.17, 15) is 4.79 Å². The molecule has 3 aliphatic heterocycles. The number of halogens is 2. The molecule has 7 heteroatoms. The van der Waals surface area contributed by atoms with Crippen molar-refractivity contribution >= 4 is 36.5 Å². The number of rotatable bonds is 2. The van der Waals surface area contributed by atoms with Crippen molar-refractivity contribution in [2.75, 3.05) is 44.2 Å². The number of pyridine rings is 1. The van der Waals surface area contributed by atoms with E-state index in [1.54, 1.807) is 6.20 Å². The molecule has 1 aromatic heterocycles. The summed E-state index contributed by atoms with van der Waals surface area (Å²) in [6.07, 6.45) is 6.49. The van der Waals surface area contributed by atoms with Gasteiger partial charge >= 0.3 is 0 Å². The van der Waals surface area contributed by atoms with Crippen LogP contribution in [-0.4, -0.2) is 55.1 Å². The SMILES string of the molecule is CC1CCN(c2ccc(C(=O)N3CC[C@@H]4CNC[C@@H]4CC3)cn2)CC1.Cl.Cl. The molecular formula is C20H32Cl2N4O. The van der Waals surface area contributed by atoms with Crippen molar-refractivity contribution in [3.8, 4) is 0 Å². The molecule has 3 aliphatic rings. The van der Waals surface area contributed by atoms with Crippen LogP contribution in [0.25, 0.3) is 0 Å². The maximum atomic E-state index is 12.9. The van der Waals surface area contributed by atoms with Crippen molar-refractivity contribution in [1.82, 2.24) is 15.2 Å². The summed E-state index contributed by atoms with van der Waals surface area (Å²) in [6.45, 7) is 8.47. The number of fused-ring (bicyclic) bond motifs is 1. The summed E-state index contributed by atoms with van der Waals surface area (Å²) in [5.74, 6) is 3.48. The van der Waals surface area contributed by atoms with Gasteiger partial charge in [-0.1, -0.05) is 6.92 Å². The van der Waals surface area contributed by atoms with E-state index in [0.717, 1.165) is 81.2 Å². The number of nitrogens with one attached hydrogen (secondary N) is 1. The highest BCUT2D eigenvalue weighted by molar-refractivity contribution is 5.94. The maximum Gasteiger partial charge on any atom is 0.255 e. The first-order chi connectivity index (χ1) is 12.2. The number of piperidine rings is 1. The molecule has 1 aromatic rings. The molecule has 3 fully saturated rings. The number of carbonyl (C=O) groups is 1. The molecular weight excluding hydrogens is 383 g/mol. The van der Waals surface area contributed by atoms with Crippen LogP contribution in [-0.2, 0) is 0 Å². The summed E-state index contributed by atoms with van der Waals surface area (Å²) >= 11 is 0. The molecule has 27 heavy (non-hydrogen) atoms. The van der Waals surface area contributed by atoms with Crippen molar-refractivity contribution in [1.29, 1.82) is 0 Å². The van der Waals surface area contributed by atoms with Crippen LogP contribution in [0.1, 0.15) is 43.0 Å². The first-order valence-electron chi connectivity index (χ1n) is 9.91. The molecule has 5 nitrogen and oxygen atoms in total. The second kappa shape index (κ2) is 9.94. The first-order valence-corrected chi connectivity index (χ1v) is 9.91. The molecule has 0 aliphatic carbocycles. The summed E-state index contributed by atoms with van der Waals surface area (Å²) in [5, 5.41) is 3.49. The van der Waals surface area contributed by atoms with Crippen LogP contribution in [0.5, 0.6) is 0 Å². The lowest BCUT2D eigenvalue weighted by Crippen LogP contribution is -2.34. The number of anilines is 1. The van der Waals surface area contributed by atoms with E-state index in [4.69, 9.17) is 0 Å². The third-order valence-corrected chi connectivity index (χ3v) is 6.41. The molecule has 0 bridgehead atoms. The number of aromatic nitrogens is 1. The highest BCUT2D eigenvalue weighted by Gasteiger charge is 2.31. The molecule has 1 amide bonds. The van der Waals surface area contributed by atoms with Crippen molar-refractivity contribution in [3.63, 3.8) is 0 Å². The van der Waals surface area contributed by atoms with Crippen molar-refractivity contribution in [2.45, 2.75) is 32.6 Å². The summed E-state index contributed by atoms with van der Waals surface area (Å²) < 4.78 is 0. The zero-order valence-electron chi connectivity index (χ0n) is 16.1. The standard InChI is InChI=1S/C20H30N4O.2ClH/c1-15-4-8-23(9-5-15)19-3-2-18(14-22-19)20(25)24-10-6-16-12-21-13-17(16)7-11-24;;/h2-3,14-17,21H,4-13H2,1H3;2*1H/t16-,17+;;. The van der Waals surface area contributed by atoms with Gasteiger partial charge in [-0.3, -0.25) is 4.79 Å². The number of hydrogen-bond acceptors (Lipinski definition) is 4. The van der Waals surface area contributed by atoms with E-state index in [1.165, 1.54) is 12.8 Å². The van der Waals surface area contributed by atoms with Gasteiger partial charge in [0.2, 0.25) is 0 Å². The minimum atomic E-state index is 0. The molecule has 4 heterocycles. The molecule has 3 saturated heterocycles. The molecule has 2 atom stereocenters. The maximum absolute atomic E-state index is 12.9. The normalized spacial score (nSPS) is 25.8. The monoisotopic (exact) mass is 414 g/mol. The molecule has 0 radical (unpaired) electrons. The van der Waals surface area contributed by atoms with E-state index in [-0.39, 0.29) is 30.7 Å². The summed E-state index contributed by atoms with van der Waals surface area (Å²) in [6, 6.07) is 4.00. The molecule has 0 aromatic carbocycles. The Morgan fingerprint density at radius 1 is 1.00 bits per heavy atom. The minimum absolute atomic E-state index is 0. The second-order valence-corrected chi connectivity index (χ2v) is 8.12. The van der Waals surface area contributed by atoms with Crippen LogP contribution in [0.3, 0.4) is 0 Å². The number of carbonyl (C=O) groups excluding carboxylic acids is 1. The van der Waals surface area contributed by atoms with Crippen LogP contribution >= 0.6 is 24.8 Å². The summed E-state index contributed by atoms with van der Waals surface area (Å²) in [5.41, 5.74) is 0.735. The lowest BCUT2D eigenvalue weighted by molar-refractivity contribution is 0.0758. The smallest absolute Gasteiger partial charge is 0.255 e. The van der Waals surface area contributed by atoms with Crippen molar-refractivity contribution < 1.29 is 4.79 Å². The van der Waals surface area contributed by atoms with Crippen LogP contribution in [0.4, 0.5) is 5.82 Å². The molecule has 0 spiro atoms. The average Bonchev–Trinajstić information content (AvgIpc) is 3.00. The first kappa shape index (κ1) is 22.3. The van der Waals surface area contributed by atoms with Gasteiger partial charge in [-0.2, -0.15) is 0 Å². The van der Waals surface area contributed by atoms with Crippen molar-refractivity contribution in [2.24, 2.45) is 17.8 Å². The Morgan fingerprint density at radius 3 is 2.19 bits per heavy atom. The minimum Gasteiger partial charge on any atom is -0.357 e. The third kappa shape index (κ3) is 5.07. The molecule has 4 rings (SSSR count). The average molecular weight is 415 g/mol. The fourth-order valence-corrected chi connectivity index (χ4v) is 4.54. The Morgan fingerprint density at radius 2 is 1.63 bits per heavy atom. The molecule has 1 N–H and O–H groups in total. The number of nitrogens with zero attached hydrogens (tertiary/aromatic N) is 3. The predicted molar refractivity (Wildman–Crippen MR) is 114 cm³/mol. The van der Waals surface area contributed by atoms with Gasteiger partial charge in [0.1, 0.15) is 5.82 Å². The highest BCUT2D eigenvalue weighted by Crippen LogP contribution is 2.28.